The molecule has 0 saturated carbocycles. The topological polar surface area (TPSA) is 47.6 Å². The van der Waals surface area contributed by atoms with E-state index in [1.54, 1.807) is 36.4 Å². The van der Waals surface area contributed by atoms with Crippen LogP contribution in [0, 0.1) is 13.8 Å². The van der Waals surface area contributed by atoms with Crippen molar-refractivity contribution >= 4 is 34.8 Å². The molecule has 0 saturated heterocycles. The van der Waals surface area contributed by atoms with E-state index < -0.39 is 0 Å². The van der Waals surface area contributed by atoms with Crippen molar-refractivity contribution in [2.75, 3.05) is 11.9 Å². The molecule has 1 amide bonds. The number of halogens is 2. The molecule has 3 rings (SSSR count). The number of rotatable bonds is 7. The first-order chi connectivity index (χ1) is 14.4. The van der Waals surface area contributed by atoms with Crippen molar-refractivity contribution in [3.8, 4) is 11.5 Å². The standard InChI is InChI=1S/C24H23Cl2NO3/c1-4-29-22-11-9-17(24(28)27-21-7-5-6-20(25)23(21)26)13-18(22)14-30-19-10-8-15(2)16(3)12-19/h5-13H,4,14H2,1-3H3,(H,27,28). The van der Waals surface area contributed by atoms with Gasteiger partial charge in [0, 0.05) is 11.1 Å². The highest BCUT2D eigenvalue weighted by atomic mass is 35.5. The van der Waals surface area contributed by atoms with Crippen LogP contribution in [0.3, 0.4) is 0 Å². The van der Waals surface area contributed by atoms with Gasteiger partial charge in [-0.25, -0.2) is 0 Å². The van der Waals surface area contributed by atoms with E-state index in [0.717, 1.165) is 16.9 Å². The highest BCUT2D eigenvalue weighted by Crippen LogP contribution is 2.30. The summed E-state index contributed by atoms with van der Waals surface area (Å²) in [5, 5.41) is 3.48. The van der Waals surface area contributed by atoms with E-state index in [0.29, 0.717) is 33.7 Å². The number of anilines is 1. The van der Waals surface area contributed by atoms with E-state index in [1.165, 1.54) is 5.56 Å². The van der Waals surface area contributed by atoms with Gasteiger partial charge in [-0.3, -0.25) is 4.79 Å². The number of hydrogen-bond acceptors (Lipinski definition) is 3. The summed E-state index contributed by atoms with van der Waals surface area (Å²) >= 11 is 12.2. The van der Waals surface area contributed by atoms with Gasteiger partial charge in [-0.15, -0.1) is 0 Å². The third-order valence-electron chi connectivity index (χ3n) is 4.70. The highest BCUT2D eigenvalue weighted by Gasteiger charge is 2.14. The zero-order chi connectivity index (χ0) is 21.7. The summed E-state index contributed by atoms with van der Waals surface area (Å²) in [6.45, 7) is 6.80. The summed E-state index contributed by atoms with van der Waals surface area (Å²) < 4.78 is 11.7. The molecule has 6 heteroatoms. The molecule has 0 spiro atoms. The third-order valence-corrected chi connectivity index (χ3v) is 5.51. The fourth-order valence-corrected chi connectivity index (χ4v) is 3.24. The first kappa shape index (κ1) is 22.0. The van der Waals surface area contributed by atoms with Crippen LogP contribution in [0.5, 0.6) is 11.5 Å². The van der Waals surface area contributed by atoms with Crippen LogP contribution in [0.15, 0.2) is 54.6 Å². The molecule has 0 aliphatic heterocycles. The Morgan fingerprint density at radius 1 is 0.967 bits per heavy atom. The van der Waals surface area contributed by atoms with Gasteiger partial charge in [-0.05, 0) is 74.4 Å². The molecule has 30 heavy (non-hydrogen) atoms. The molecule has 156 valence electrons. The van der Waals surface area contributed by atoms with Crippen LogP contribution in [-0.4, -0.2) is 12.5 Å². The number of carbonyl (C=O) groups excluding carboxylic acids is 1. The monoisotopic (exact) mass is 443 g/mol. The van der Waals surface area contributed by atoms with E-state index in [1.807, 2.05) is 32.0 Å². The zero-order valence-electron chi connectivity index (χ0n) is 17.1. The van der Waals surface area contributed by atoms with Crippen LogP contribution in [-0.2, 0) is 6.61 Å². The molecule has 3 aromatic rings. The number of hydrogen-bond donors (Lipinski definition) is 1. The van der Waals surface area contributed by atoms with Crippen LogP contribution in [0.2, 0.25) is 10.0 Å². The van der Waals surface area contributed by atoms with Crippen LogP contribution in [0.4, 0.5) is 5.69 Å². The minimum Gasteiger partial charge on any atom is -0.493 e. The second-order valence-corrected chi connectivity index (χ2v) is 7.63. The fourth-order valence-electron chi connectivity index (χ4n) is 2.89. The quantitative estimate of drug-likeness (QED) is 0.434. The number of ether oxygens (including phenoxy) is 2. The van der Waals surface area contributed by atoms with Crippen LogP contribution < -0.4 is 14.8 Å². The molecule has 0 aliphatic rings. The van der Waals surface area contributed by atoms with Gasteiger partial charge in [0.1, 0.15) is 18.1 Å². The lowest BCUT2D eigenvalue weighted by Crippen LogP contribution is -2.13. The molecule has 3 aromatic carbocycles. The summed E-state index contributed by atoms with van der Waals surface area (Å²) in [7, 11) is 0. The van der Waals surface area contributed by atoms with E-state index >= 15 is 0 Å². The Morgan fingerprint density at radius 3 is 2.50 bits per heavy atom. The lowest BCUT2D eigenvalue weighted by molar-refractivity contribution is 0.102. The van der Waals surface area contributed by atoms with E-state index in [4.69, 9.17) is 32.7 Å². The Morgan fingerprint density at radius 2 is 1.77 bits per heavy atom. The Kier molecular flexibility index (Phi) is 7.24. The minimum atomic E-state index is -0.297. The van der Waals surface area contributed by atoms with E-state index in [9.17, 15) is 4.79 Å². The summed E-state index contributed by atoms with van der Waals surface area (Å²) in [6, 6.07) is 16.3. The van der Waals surface area contributed by atoms with E-state index in [-0.39, 0.29) is 12.5 Å². The minimum absolute atomic E-state index is 0.275. The van der Waals surface area contributed by atoms with Gasteiger partial charge >= 0.3 is 0 Å². The van der Waals surface area contributed by atoms with Gasteiger partial charge in [-0.2, -0.15) is 0 Å². The predicted molar refractivity (Wildman–Crippen MR) is 122 cm³/mol. The lowest BCUT2D eigenvalue weighted by atomic mass is 10.1. The van der Waals surface area contributed by atoms with Gasteiger partial charge in [0.05, 0.1) is 22.3 Å². The molecule has 1 N–H and O–H groups in total. The van der Waals surface area contributed by atoms with Crippen molar-refractivity contribution < 1.29 is 14.3 Å². The summed E-state index contributed by atoms with van der Waals surface area (Å²) in [4.78, 5) is 12.8. The fraction of sp³-hybridized carbons (Fsp3) is 0.208. The van der Waals surface area contributed by atoms with Crippen LogP contribution in [0.1, 0.15) is 34.0 Å². The Labute approximate surface area is 186 Å². The molecule has 0 atom stereocenters. The molecule has 0 fully saturated rings. The molecule has 4 nitrogen and oxygen atoms in total. The van der Waals surface area contributed by atoms with Crippen molar-refractivity contribution in [3.05, 3.63) is 86.9 Å². The molecular weight excluding hydrogens is 421 g/mol. The van der Waals surface area contributed by atoms with Gasteiger partial charge in [0.25, 0.3) is 5.91 Å². The Hall–Kier alpha value is -2.69. The predicted octanol–water partition coefficient (Wildman–Crippen LogP) is 6.84. The van der Waals surface area contributed by atoms with Crippen molar-refractivity contribution in [2.45, 2.75) is 27.4 Å². The molecule has 0 aromatic heterocycles. The van der Waals surface area contributed by atoms with Crippen LogP contribution in [0.25, 0.3) is 0 Å². The maximum atomic E-state index is 12.8. The summed E-state index contributed by atoms with van der Waals surface area (Å²) in [5.74, 6) is 1.15. The summed E-state index contributed by atoms with van der Waals surface area (Å²) in [6.07, 6.45) is 0. The van der Waals surface area contributed by atoms with Crippen molar-refractivity contribution in [2.24, 2.45) is 0 Å². The molecule has 0 heterocycles. The SMILES string of the molecule is CCOc1ccc(C(=O)Nc2cccc(Cl)c2Cl)cc1COc1ccc(C)c(C)c1. The zero-order valence-corrected chi connectivity index (χ0v) is 18.6. The van der Waals surface area contributed by atoms with Crippen molar-refractivity contribution in [3.63, 3.8) is 0 Å². The number of benzene rings is 3. The average Bonchev–Trinajstić information content (AvgIpc) is 2.73. The van der Waals surface area contributed by atoms with Crippen molar-refractivity contribution in [1.29, 1.82) is 0 Å². The first-order valence-electron chi connectivity index (χ1n) is 9.60. The maximum Gasteiger partial charge on any atom is 0.255 e. The molecule has 0 aliphatic carbocycles. The Bertz CT molecular complexity index is 1070. The smallest absolute Gasteiger partial charge is 0.255 e. The lowest BCUT2D eigenvalue weighted by Gasteiger charge is -2.14. The van der Waals surface area contributed by atoms with Crippen molar-refractivity contribution in [1.82, 2.24) is 0 Å². The molecule has 0 bridgehead atoms. The second-order valence-electron chi connectivity index (χ2n) is 6.85. The molecule has 0 unspecified atom stereocenters. The number of carbonyl (C=O) groups is 1. The average molecular weight is 444 g/mol. The van der Waals surface area contributed by atoms with Gasteiger partial charge in [-0.1, -0.05) is 35.3 Å². The van der Waals surface area contributed by atoms with Gasteiger partial charge < -0.3 is 14.8 Å². The van der Waals surface area contributed by atoms with E-state index in [2.05, 4.69) is 12.2 Å². The third kappa shape index (κ3) is 5.26. The molecular formula is C24H23Cl2NO3. The van der Waals surface area contributed by atoms with Crippen LogP contribution >= 0.6 is 23.2 Å². The normalized spacial score (nSPS) is 10.6. The second kappa shape index (κ2) is 9.88. The van der Waals surface area contributed by atoms with Gasteiger partial charge in [0.2, 0.25) is 0 Å². The summed E-state index contributed by atoms with van der Waals surface area (Å²) in [5.41, 5.74) is 4.06. The maximum absolute atomic E-state index is 12.8. The first-order valence-corrected chi connectivity index (χ1v) is 10.4. The number of amides is 1. The largest absolute Gasteiger partial charge is 0.493 e. The van der Waals surface area contributed by atoms with Gasteiger partial charge in [0.15, 0.2) is 0 Å². The number of nitrogens with one attached hydrogen (secondary N) is 1. The molecule has 0 radical (unpaired) electrons. The number of aryl methyl sites for hydroxylation is 2. The highest BCUT2D eigenvalue weighted by molar-refractivity contribution is 6.44. The Balaban J connectivity index is 1.81.